The molecule has 0 aliphatic carbocycles. The summed E-state index contributed by atoms with van der Waals surface area (Å²) in [6.45, 7) is 3.70. The number of benzene rings is 2. The average molecular weight is 393 g/mol. The molecular weight excluding hydrogens is 375 g/mol. The molecule has 0 unspecified atom stereocenters. The number of nitrogens with one attached hydrogen (secondary N) is 2. The van der Waals surface area contributed by atoms with Crippen molar-refractivity contribution < 1.29 is 14.0 Å². The molecule has 0 saturated heterocycles. The molecule has 0 aliphatic heterocycles. The highest BCUT2D eigenvalue weighted by Crippen LogP contribution is 2.20. The molecule has 6 heteroatoms. The first-order valence-electron chi connectivity index (χ1n) is 7.47. The number of amides is 2. The van der Waals surface area contributed by atoms with E-state index in [1.54, 1.807) is 6.92 Å². The molecule has 2 amide bonds. The Kier molecular flexibility index (Phi) is 6.09. The van der Waals surface area contributed by atoms with E-state index in [0.29, 0.717) is 11.1 Å². The number of aryl methyl sites for hydroxylation is 2. The van der Waals surface area contributed by atoms with Gasteiger partial charge in [0, 0.05) is 28.7 Å². The van der Waals surface area contributed by atoms with Gasteiger partial charge in [-0.15, -0.1) is 0 Å². The number of rotatable bonds is 5. The molecule has 2 aromatic rings. The molecule has 2 aromatic carbocycles. The van der Waals surface area contributed by atoms with Crippen LogP contribution in [-0.2, 0) is 4.79 Å². The fourth-order valence-corrected chi connectivity index (χ4v) is 2.48. The molecule has 0 atom stereocenters. The van der Waals surface area contributed by atoms with Crippen LogP contribution in [0.3, 0.4) is 0 Å². The van der Waals surface area contributed by atoms with Crippen LogP contribution in [0.4, 0.5) is 10.1 Å². The third-order valence-electron chi connectivity index (χ3n) is 3.53. The van der Waals surface area contributed by atoms with Crippen LogP contribution >= 0.6 is 15.9 Å². The van der Waals surface area contributed by atoms with Gasteiger partial charge in [-0.3, -0.25) is 9.59 Å². The second kappa shape index (κ2) is 8.06. The highest BCUT2D eigenvalue weighted by atomic mass is 79.9. The topological polar surface area (TPSA) is 58.2 Å². The van der Waals surface area contributed by atoms with Crippen molar-refractivity contribution in [2.75, 3.05) is 11.9 Å². The fourth-order valence-electron chi connectivity index (χ4n) is 2.12. The maximum absolute atomic E-state index is 13.2. The molecule has 0 saturated carbocycles. The van der Waals surface area contributed by atoms with Gasteiger partial charge in [0.25, 0.3) is 5.91 Å². The highest BCUT2D eigenvalue weighted by Gasteiger charge is 2.09. The Morgan fingerprint density at radius 3 is 2.54 bits per heavy atom. The summed E-state index contributed by atoms with van der Waals surface area (Å²) in [6.07, 6.45) is 0.151. The number of hydrogen-bond acceptors (Lipinski definition) is 2. The number of carbonyl (C=O) groups is 2. The van der Waals surface area contributed by atoms with E-state index < -0.39 is 0 Å². The van der Waals surface area contributed by atoms with Gasteiger partial charge in [-0.2, -0.15) is 0 Å². The van der Waals surface area contributed by atoms with Gasteiger partial charge in [-0.1, -0.05) is 22.0 Å². The molecule has 0 spiro atoms. The fraction of sp³-hybridized carbons (Fsp3) is 0.222. The first-order valence-corrected chi connectivity index (χ1v) is 8.26. The predicted octanol–water partition coefficient (Wildman–Crippen LogP) is 3.96. The number of hydrogen-bond donors (Lipinski definition) is 2. The van der Waals surface area contributed by atoms with E-state index in [9.17, 15) is 14.0 Å². The minimum atomic E-state index is -0.352. The van der Waals surface area contributed by atoms with Crippen LogP contribution in [0.2, 0.25) is 0 Å². The molecule has 126 valence electrons. The molecule has 0 aromatic heterocycles. The molecule has 0 bridgehead atoms. The molecule has 2 N–H and O–H groups in total. The zero-order valence-electron chi connectivity index (χ0n) is 13.5. The summed E-state index contributed by atoms with van der Waals surface area (Å²) < 4.78 is 14.1. The van der Waals surface area contributed by atoms with E-state index >= 15 is 0 Å². The molecule has 24 heavy (non-hydrogen) atoms. The van der Waals surface area contributed by atoms with Crippen LogP contribution in [0, 0.1) is 19.7 Å². The van der Waals surface area contributed by atoms with Crippen LogP contribution in [0.25, 0.3) is 0 Å². The zero-order valence-corrected chi connectivity index (χ0v) is 15.0. The largest absolute Gasteiger partial charge is 0.352 e. The predicted molar refractivity (Wildman–Crippen MR) is 95.6 cm³/mol. The van der Waals surface area contributed by atoms with Gasteiger partial charge in [0.1, 0.15) is 5.82 Å². The van der Waals surface area contributed by atoms with Crippen molar-refractivity contribution in [1.82, 2.24) is 5.32 Å². The van der Waals surface area contributed by atoms with E-state index in [-0.39, 0.29) is 30.6 Å². The van der Waals surface area contributed by atoms with Crippen LogP contribution in [0.15, 0.2) is 40.9 Å². The highest BCUT2D eigenvalue weighted by molar-refractivity contribution is 9.10. The van der Waals surface area contributed by atoms with Crippen molar-refractivity contribution in [3.8, 4) is 0 Å². The molecule has 0 aliphatic rings. The van der Waals surface area contributed by atoms with Gasteiger partial charge in [-0.25, -0.2) is 4.39 Å². The van der Waals surface area contributed by atoms with Crippen molar-refractivity contribution in [1.29, 1.82) is 0 Å². The smallest absolute Gasteiger partial charge is 0.251 e. The summed E-state index contributed by atoms with van der Waals surface area (Å²) in [6, 6.07) is 9.78. The van der Waals surface area contributed by atoms with Gasteiger partial charge in [0.05, 0.1) is 0 Å². The summed E-state index contributed by atoms with van der Waals surface area (Å²) in [7, 11) is 0. The molecule has 0 fully saturated rings. The Balaban J connectivity index is 1.85. The lowest BCUT2D eigenvalue weighted by Gasteiger charge is -2.10. The minimum absolute atomic E-state index is 0.151. The third-order valence-corrected chi connectivity index (χ3v) is 4.02. The standard InChI is InChI=1S/C18H18BrFN2O2/c1-11-3-5-14(19)10-16(11)22-17(23)7-8-21-18(24)13-4-6-15(20)12(2)9-13/h3-6,9-10H,7-8H2,1-2H3,(H,21,24)(H,22,23). The molecular formula is C18H18BrFN2O2. The molecule has 0 heterocycles. The Hall–Kier alpha value is -2.21. The quantitative estimate of drug-likeness (QED) is 0.808. The summed E-state index contributed by atoms with van der Waals surface area (Å²) in [5.74, 6) is -0.869. The summed E-state index contributed by atoms with van der Waals surface area (Å²) in [5.41, 5.74) is 2.47. The first kappa shape index (κ1) is 18.1. The third kappa shape index (κ3) is 4.89. The summed E-state index contributed by atoms with van der Waals surface area (Å²) in [5, 5.41) is 5.47. The first-order chi connectivity index (χ1) is 11.4. The monoisotopic (exact) mass is 392 g/mol. The lowest BCUT2D eigenvalue weighted by atomic mass is 10.1. The minimum Gasteiger partial charge on any atom is -0.352 e. The van der Waals surface area contributed by atoms with Crippen LogP contribution < -0.4 is 10.6 Å². The van der Waals surface area contributed by atoms with Gasteiger partial charge in [0.2, 0.25) is 5.91 Å². The van der Waals surface area contributed by atoms with E-state index in [2.05, 4.69) is 26.6 Å². The summed E-state index contributed by atoms with van der Waals surface area (Å²) in [4.78, 5) is 23.9. The van der Waals surface area contributed by atoms with Crippen LogP contribution in [0.1, 0.15) is 27.9 Å². The normalized spacial score (nSPS) is 10.3. The van der Waals surface area contributed by atoms with E-state index in [0.717, 1.165) is 15.7 Å². The van der Waals surface area contributed by atoms with E-state index in [1.165, 1.54) is 18.2 Å². The average Bonchev–Trinajstić information content (AvgIpc) is 2.53. The SMILES string of the molecule is Cc1cc(C(=O)NCCC(=O)Nc2cc(Br)ccc2C)ccc1F. The Labute approximate surface area is 148 Å². The van der Waals surface area contributed by atoms with Gasteiger partial charge >= 0.3 is 0 Å². The van der Waals surface area contributed by atoms with Crippen molar-refractivity contribution >= 4 is 33.4 Å². The van der Waals surface area contributed by atoms with Crippen molar-refractivity contribution in [2.45, 2.75) is 20.3 Å². The van der Waals surface area contributed by atoms with Crippen LogP contribution in [0.5, 0.6) is 0 Å². The van der Waals surface area contributed by atoms with E-state index in [4.69, 9.17) is 0 Å². The second-order valence-corrected chi connectivity index (χ2v) is 6.39. The maximum Gasteiger partial charge on any atom is 0.251 e. The van der Waals surface area contributed by atoms with Gasteiger partial charge in [-0.05, 0) is 55.3 Å². The zero-order chi connectivity index (χ0) is 17.7. The number of anilines is 1. The number of halogens is 2. The second-order valence-electron chi connectivity index (χ2n) is 5.48. The van der Waals surface area contributed by atoms with Gasteiger partial charge < -0.3 is 10.6 Å². The Bertz CT molecular complexity index is 778. The molecule has 2 rings (SSSR count). The van der Waals surface area contributed by atoms with Crippen molar-refractivity contribution in [3.63, 3.8) is 0 Å². The lowest BCUT2D eigenvalue weighted by Crippen LogP contribution is -2.27. The van der Waals surface area contributed by atoms with Gasteiger partial charge in [0.15, 0.2) is 0 Å². The maximum atomic E-state index is 13.2. The van der Waals surface area contributed by atoms with E-state index in [1.807, 2.05) is 25.1 Å². The molecule has 0 radical (unpaired) electrons. The van der Waals surface area contributed by atoms with Crippen molar-refractivity contribution in [3.05, 3.63) is 63.4 Å². The van der Waals surface area contributed by atoms with Crippen LogP contribution in [-0.4, -0.2) is 18.4 Å². The number of carbonyl (C=O) groups excluding carboxylic acids is 2. The lowest BCUT2D eigenvalue weighted by molar-refractivity contribution is -0.116. The summed E-state index contributed by atoms with van der Waals surface area (Å²) >= 11 is 3.36. The molecule has 4 nitrogen and oxygen atoms in total. The Morgan fingerprint density at radius 2 is 1.83 bits per heavy atom. The van der Waals surface area contributed by atoms with Crippen molar-refractivity contribution in [2.24, 2.45) is 0 Å². The Morgan fingerprint density at radius 1 is 1.08 bits per heavy atom.